The lowest BCUT2D eigenvalue weighted by Crippen LogP contribution is -2.31. The van der Waals surface area contributed by atoms with Crippen LogP contribution in [0.25, 0.3) is 5.57 Å². The Kier molecular flexibility index (Phi) is 2.73. The van der Waals surface area contributed by atoms with E-state index in [1.807, 2.05) is 7.05 Å². The summed E-state index contributed by atoms with van der Waals surface area (Å²) in [7, 11) is 2.04. The molecule has 1 aromatic rings. The normalized spacial score (nSPS) is 22.8. The molecule has 1 spiro atoms. The lowest BCUT2D eigenvalue weighted by atomic mass is 9.90. The van der Waals surface area contributed by atoms with E-state index in [4.69, 9.17) is 9.47 Å². The van der Waals surface area contributed by atoms with Crippen molar-refractivity contribution in [2.24, 2.45) is 7.05 Å². The average Bonchev–Trinajstić information content (AvgIpc) is 2.80. The van der Waals surface area contributed by atoms with Gasteiger partial charge in [-0.1, -0.05) is 6.08 Å². The molecule has 0 saturated carbocycles. The maximum atomic E-state index is 5.71. The van der Waals surface area contributed by atoms with Crippen LogP contribution in [0.3, 0.4) is 0 Å². The number of aromatic nitrogens is 1. The van der Waals surface area contributed by atoms with Gasteiger partial charge in [-0.05, 0) is 17.6 Å². The van der Waals surface area contributed by atoms with Gasteiger partial charge >= 0.3 is 0 Å². The standard InChI is InChI=1S/C14H18NO2/c1-15-8-4-13(5-9-15)12-2-6-14(7-3-12)16-10-11-17-14/h2,4-5,8-9H,3,6-7,10-11H2,1H3/q+1. The summed E-state index contributed by atoms with van der Waals surface area (Å²) in [6.07, 6.45) is 9.33. The second-order valence-electron chi connectivity index (χ2n) is 4.79. The fraction of sp³-hybridized carbons (Fsp3) is 0.500. The quantitative estimate of drug-likeness (QED) is 0.689. The zero-order chi connectivity index (χ0) is 11.7. The van der Waals surface area contributed by atoms with Crippen molar-refractivity contribution in [3.05, 3.63) is 36.2 Å². The number of aryl methyl sites for hydroxylation is 1. The fourth-order valence-corrected chi connectivity index (χ4v) is 2.54. The summed E-state index contributed by atoms with van der Waals surface area (Å²) >= 11 is 0. The minimum Gasteiger partial charge on any atom is -0.347 e. The van der Waals surface area contributed by atoms with E-state index in [9.17, 15) is 0 Å². The van der Waals surface area contributed by atoms with Gasteiger partial charge in [-0.2, -0.15) is 0 Å². The Morgan fingerprint density at radius 1 is 1.18 bits per heavy atom. The highest BCUT2D eigenvalue weighted by atomic mass is 16.7. The number of ether oxygens (including phenoxy) is 2. The Labute approximate surface area is 102 Å². The third kappa shape index (κ3) is 2.13. The maximum Gasteiger partial charge on any atom is 0.172 e. The van der Waals surface area contributed by atoms with Crippen LogP contribution >= 0.6 is 0 Å². The average molecular weight is 232 g/mol. The zero-order valence-electron chi connectivity index (χ0n) is 10.2. The Balaban J connectivity index is 1.78. The van der Waals surface area contributed by atoms with Crippen LogP contribution in [0.5, 0.6) is 0 Å². The first-order chi connectivity index (χ1) is 8.27. The minimum atomic E-state index is -0.303. The number of hydrogen-bond acceptors (Lipinski definition) is 2. The molecule has 90 valence electrons. The molecule has 17 heavy (non-hydrogen) atoms. The molecule has 2 heterocycles. The summed E-state index contributed by atoms with van der Waals surface area (Å²) < 4.78 is 13.5. The van der Waals surface area contributed by atoms with Crippen LogP contribution in [0.15, 0.2) is 30.6 Å². The molecule has 0 amide bonds. The Bertz CT molecular complexity index is 430. The van der Waals surface area contributed by atoms with E-state index in [0.717, 1.165) is 32.5 Å². The first-order valence-corrected chi connectivity index (χ1v) is 6.20. The van der Waals surface area contributed by atoms with Gasteiger partial charge in [0.15, 0.2) is 18.2 Å². The largest absolute Gasteiger partial charge is 0.347 e. The van der Waals surface area contributed by atoms with Crippen LogP contribution in [0.2, 0.25) is 0 Å². The van der Waals surface area contributed by atoms with Crippen molar-refractivity contribution in [3.63, 3.8) is 0 Å². The van der Waals surface area contributed by atoms with Gasteiger partial charge < -0.3 is 9.47 Å². The molecular weight excluding hydrogens is 214 g/mol. The Morgan fingerprint density at radius 2 is 1.88 bits per heavy atom. The molecule has 0 N–H and O–H groups in total. The van der Waals surface area contributed by atoms with E-state index in [1.54, 1.807) is 0 Å². The van der Waals surface area contributed by atoms with Gasteiger partial charge in [0.1, 0.15) is 7.05 Å². The molecule has 0 atom stereocenters. The molecule has 3 rings (SSSR count). The van der Waals surface area contributed by atoms with Crippen molar-refractivity contribution in [2.45, 2.75) is 25.0 Å². The van der Waals surface area contributed by atoms with Crippen LogP contribution in [0.4, 0.5) is 0 Å². The smallest absolute Gasteiger partial charge is 0.172 e. The monoisotopic (exact) mass is 232 g/mol. The highest BCUT2D eigenvalue weighted by Gasteiger charge is 2.37. The molecule has 0 radical (unpaired) electrons. The fourth-order valence-electron chi connectivity index (χ4n) is 2.54. The van der Waals surface area contributed by atoms with Crippen molar-refractivity contribution >= 4 is 5.57 Å². The van der Waals surface area contributed by atoms with Crippen LogP contribution in [0, 0.1) is 0 Å². The van der Waals surface area contributed by atoms with Crippen molar-refractivity contribution in [1.82, 2.24) is 0 Å². The van der Waals surface area contributed by atoms with Crippen molar-refractivity contribution in [2.75, 3.05) is 13.2 Å². The molecular formula is C14H18NO2+. The van der Waals surface area contributed by atoms with Gasteiger partial charge in [-0.15, -0.1) is 0 Å². The second-order valence-corrected chi connectivity index (χ2v) is 4.79. The second kappa shape index (κ2) is 4.24. The zero-order valence-corrected chi connectivity index (χ0v) is 10.2. The predicted octanol–water partition coefficient (Wildman–Crippen LogP) is 1.82. The molecule has 3 heteroatoms. The van der Waals surface area contributed by atoms with Crippen molar-refractivity contribution < 1.29 is 14.0 Å². The summed E-state index contributed by atoms with van der Waals surface area (Å²) in [6, 6.07) is 4.33. The maximum absolute atomic E-state index is 5.71. The highest BCUT2D eigenvalue weighted by Crippen LogP contribution is 2.37. The van der Waals surface area contributed by atoms with E-state index >= 15 is 0 Å². The lowest BCUT2D eigenvalue weighted by molar-refractivity contribution is -0.671. The number of rotatable bonds is 1. The highest BCUT2D eigenvalue weighted by molar-refractivity contribution is 5.65. The van der Waals surface area contributed by atoms with Gasteiger partial charge in [0.25, 0.3) is 0 Å². The van der Waals surface area contributed by atoms with E-state index in [0.29, 0.717) is 0 Å². The predicted molar refractivity (Wildman–Crippen MR) is 64.1 cm³/mol. The number of pyridine rings is 1. The Hall–Kier alpha value is -1.19. The first-order valence-electron chi connectivity index (χ1n) is 6.20. The summed E-state index contributed by atoms with van der Waals surface area (Å²) in [5.74, 6) is -0.303. The van der Waals surface area contributed by atoms with Crippen LogP contribution in [-0.2, 0) is 16.5 Å². The van der Waals surface area contributed by atoms with Crippen molar-refractivity contribution in [1.29, 1.82) is 0 Å². The number of allylic oxidation sites excluding steroid dienone is 1. The summed E-state index contributed by atoms with van der Waals surface area (Å²) in [4.78, 5) is 0. The number of nitrogens with zero attached hydrogens (tertiary/aromatic N) is 1. The SMILES string of the molecule is C[n+]1ccc(C2=CCC3(CC2)OCCO3)cc1. The summed E-state index contributed by atoms with van der Waals surface area (Å²) in [5.41, 5.74) is 2.73. The molecule has 1 aromatic heterocycles. The van der Waals surface area contributed by atoms with E-state index in [1.165, 1.54) is 11.1 Å². The van der Waals surface area contributed by atoms with Gasteiger partial charge in [0.05, 0.1) is 13.2 Å². The van der Waals surface area contributed by atoms with Crippen molar-refractivity contribution in [3.8, 4) is 0 Å². The molecule has 0 unspecified atom stereocenters. The minimum absolute atomic E-state index is 0.303. The third-order valence-electron chi connectivity index (χ3n) is 3.60. The van der Waals surface area contributed by atoms with E-state index in [2.05, 4.69) is 35.2 Å². The topological polar surface area (TPSA) is 22.3 Å². The molecule has 3 nitrogen and oxygen atoms in total. The Morgan fingerprint density at radius 3 is 2.47 bits per heavy atom. The lowest BCUT2D eigenvalue weighted by Gasteiger charge is -2.30. The van der Waals surface area contributed by atoms with E-state index < -0.39 is 0 Å². The van der Waals surface area contributed by atoms with E-state index in [-0.39, 0.29) is 5.79 Å². The van der Waals surface area contributed by atoms with Gasteiger partial charge in [-0.3, -0.25) is 0 Å². The number of hydrogen-bond donors (Lipinski definition) is 0. The van der Waals surface area contributed by atoms with Crippen LogP contribution in [-0.4, -0.2) is 19.0 Å². The third-order valence-corrected chi connectivity index (χ3v) is 3.60. The molecule has 1 saturated heterocycles. The molecule has 0 aromatic carbocycles. The van der Waals surface area contributed by atoms with Gasteiger partial charge in [0.2, 0.25) is 0 Å². The molecule has 2 aliphatic rings. The van der Waals surface area contributed by atoms with Crippen LogP contribution < -0.4 is 4.57 Å². The van der Waals surface area contributed by atoms with Gasteiger partial charge in [0, 0.05) is 25.0 Å². The first kappa shape index (κ1) is 10.9. The summed E-state index contributed by atoms with van der Waals surface area (Å²) in [5, 5.41) is 0. The van der Waals surface area contributed by atoms with Crippen LogP contribution in [0.1, 0.15) is 24.8 Å². The summed E-state index contributed by atoms with van der Waals surface area (Å²) in [6.45, 7) is 1.48. The van der Waals surface area contributed by atoms with Gasteiger partial charge in [-0.25, -0.2) is 4.57 Å². The molecule has 1 fully saturated rings. The molecule has 0 bridgehead atoms. The molecule has 1 aliphatic carbocycles. The molecule has 1 aliphatic heterocycles.